The van der Waals surface area contributed by atoms with Crippen LogP contribution in [-0.4, -0.2) is 10.9 Å². The number of benzene rings is 1. The quantitative estimate of drug-likeness (QED) is 0.770. The maximum atomic E-state index is 11.5. The van der Waals surface area contributed by atoms with E-state index in [-0.39, 0.29) is 17.5 Å². The molecule has 0 aliphatic carbocycles. The first kappa shape index (κ1) is 11.8. The molecule has 0 aliphatic rings. The van der Waals surface area contributed by atoms with Crippen LogP contribution >= 0.6 is 0 Å². The number of phenols is 1. The van der Waals surface area contributed by atoms with Crippen molar-refractivity contribution >= 4 is 5.78 Å². The molecule has 0 saturated heterocycles. The summed E-state index contributed by atoms with van der Waals surface area (Å²) in [4.78, 5) is 11.5. The molecule has 0 radical (unpaired) electrons. The minimum atomic E-state index is -0.0634. The number of aromatic hydroxyl groups is 1. The fourth-order valence-electron chi connectivity index (χ4n) is 1.79. The number of carbonyl (C=O) groups excluding carboxylic acids is 1. The van der Waals surface area contributed by atoms with Crippen molar-refractivity contribution in [1.29, 1.82) is 0 Å². The second-order valence-corrected chi connectivity index (χ2v) is 4.10. The van der Waals surface area contributed by atoms with Gasteiger partial charge in [-0.3, -0.25) is 4.79 Å². The van der Waals surface area contributed by atoms with Crippen molar-refractivity contribution in [1.82, 2.24) is 0 Å². The Kier molecular flexibility index (Phi) is 3.51. The van der Waals surface area contributed by atoms with Crippen molar-refractivity contribution in [2.75, 3.05) is 0 Å². The highest BCUT2D eigenvalue weighted by Crippen LogP contribution is 2.31. The summed E-state index contributed by atoms with van der Waals surface area (Å²) in [6, 6.07) is 3.84. The Hall–Kier alpha value is -1.31. The molecular weight excluding hydrogens is 188 g/mol. The zero-order valence-corrected chi connectivity index (χ0v) is 9.79. The number of phenolic OH excluding ortho intramolecular Hbond substituents is 1. The molecule has 0 heterocycles. The van der Waals surface area contributed by atoms with Crippen LogP contribution in [0.5, 0.6) is 5.75 Å². The number of Topliss-reactive ketones (excluding diaryl/α,β-unsaturated/α-hetero) is 1. The minimum absolute atomic E-state index is 0.0634. The average Bonchev–Trinajstić information content (AvgIpc) is 2.16. The zero-order chi connectivity index (χ0) is 11.6. The van der Waals surface area contributed by atoms with E-state index in [9.17, 15) is 9.90 Å². The van der Waals surface area contributed by atoms with Gasteiger partial charge < -0.3 is 5.11 Å². The Morgan fingerprint density at radius 2 is 2.00 bits per heavy atom. The summed E-state index contributed by atoms with van der Waals surface area (Å²) >= 11 is 0. The molecule has 2 nitrogen and oxygen atoms in total. The maximum Gasteiger partial charge on any atom is 0.163 e. The van der Waals surface area contributed by atoms with Crippen molar-refractivity contribution in [3.05, 3.63) is 28.8 Å². The van der Waals surface area contributed by atoms with Crippen molar-refractivity contribution in [2.45, 2.75) is 40.0 Å². The molecule has 0 saturated carbocycles. The third-order valence-corrected chi connectivity index (χ3v) is 2.65. The summed E-state index contributed by atoms with van der Waals surface area (Å²) < 4.78 is 0. The predicted octanol–water partition coefficient (Wildman–Crippen LogP) is 3.28. The first-order valence-electron chi connectivity index (χ1n) is 5.34. The largest absolute Gasteiger partial charge is 0.507 e. The highest BCUT2D eigenvalue weighted by atomic mass is 16.3. The number of hydrogen-bond donors (Lipinski definition) is 1. The van der Waals surface area contributed by atoms with Crippen LogP contribution in [0.25, 0.3) is 0 Å². The van der Waals surface area contributed by atoms with Crippen LogP contribution in [0.15, 0.2) is 12.1 Å². The molecule has 0 bridgehead atoms. The van der Waals surface area contributed by atoms with Crippen molar-refractivity contribution in [2.24, 2.45) is 0 Å². The van der Waals surface area contributed by atoms with Gasteiger partial charge in [-0.15, -0.1) is 0 Å². The highest BCUT2D eigenvalue weighted by Gasteiger charge is 2.17. The third kappa shape index (κ3) is 2.20. The standard InChI is InChI=1S/C13H18O2/c1-5-10-6-7-11(8(2)3)12(9(4)14)13(10)15/h6-8,15H,5H2,1-4H3. The fraction of sp³-hybridized carbons (Fsp3) is 0.462. The molecule has 0 unspecified atom stereocenters. The normalized spacial score (nSPS) is 10.7. The molecular formula is C13H18O2. The smallest absolute Gasteiger partial charge is 0.163 e. The Morgan fingerprint density at radius 3 is 2.40 bits per heavy atom. The Balaban J connectivity index is 3.44. The Morgan fingerprint density at radius 1 is 1.40 bits per heavy atom. The average molecular weight is 206 g/mol. The lowest BCUT2D eigenvalue weighted by molar-refractivity contribution is 0.101. The molecule has 15 heavy (non-hydrogen) atoms. The first-order chi connectivity index (χ1) is 6.99. The number of hydrogen-bond acceptors (Lipinski definition) is 2. The van der Waals surface area contributed by atoms with Gasteiger partial charge in [-0.05, 0) is 30.4 Å². The topological polar surface area (TPSA) is 37.3 Å². The van der Waals surface area contributed by atoms with E-state index in [1.54, 1.807) is 0 Å². The van der Waals surface area contributed by atoms with E-state index in [2.05, 4.69) is 0 Å². The lowest BCUT2D eigenvalue weighted by atomic mass is 9.91. The fourth-order valence-corrected chi connectivity index (χ4v) is 1.79. The molecule has 0 aliphatic heterocycles. The molecule has 0 aromatic heterocycles. The van der Waals surface area contributed by atoms with E-state index >= 15 is 0 Å². The van der Waals surface area contributed by atoms with Crippen LogP contribution in [0.3, 0.4) is 0 Å². The second kappa shape index (κ2) is 4.47. The van der Waals surface area contributed by atoms with Crippen LogP contribution in [0.2, 0.25) is 0 Å². The summed E-state index contributed by atoms with van der Waals surface area (Å²) in [5.41, 5.74) is 2.26. The van der Waals surface area contributed by atoms with Crippen LogP contribution in [-0.2, 0) is 6.42 Å². The van der Waals surface area contributed by atoms with Gasteiger partial charge in [0.15, 0.2) is 5.78 Å². The Labute approximate surface area is 90.9 Å². The van der Waals surface area contributed by atoms with Gasteiger partial charge in [0.05, 0.1) is 5.56 Å². The summed E-state index contributed by atoms with van der Waals surface area (Å²) in [5, 5.41) is 9.97. The molecule has 0 spiro atoms. The molecule has 1 rings (SSSR count). The van der Waals surface area contributed by atoms with Crippen molar-refractivity contribution < 1.29 is 9.90 Å². The molecule has 1 N–H and O–H groups in total. The molecule has 1 aromatic carbocycles. The van der Waals surface area contributed by atoms with Crippen LogP contribution < -0.4 is 0 Å². The molecule has 1 aromatic rings. The van der Waals surface area contributed by atoms with Crippen LogP contribution in [0, 0.1) is 0 Å². The summed E-state index contributed by atoms with van der Waals surface area (Å²) in [7, 11) is 0. The van der Waals surface area contributed by atoms with Gasteiger partial charge in [-0.1, -0.05) is 32.9 Å². The maximum absolute atomic E-state index is 11.5. The molecule has 82 valence electrons. The number of ketones is 1. The van der Waals surface area contributed by atoms with E-state index in [0.717, 1.165) is 17.5 Å². The van der Waals surface area contributed by atoms with E-state index in [1.807, 2.05) is 32.9 Å². The highest BCUT2D eigenvalue weighted by molar-refractivity contribution is 5.98. The molecule has 0 amide bonds. The van der Waals surface area contributed by atoms with Gasteiger partial charge in [0.25, 0.3) is 0 Å². The lowest BCUT2D eigenvalue weighted by Gasteiger charge is -2.14. The van der Waals surface area contributed by atoms with Gasteiger partial charge in [0, 0.05) is 0 Å². The van der Waals surface area contributed by atoms with E-state index in [0.29, 0.717) is 5.56 Å². The first-order valence-corrected chi connectivity index (χ1v) is 5.34. The van der Waals surface area contributed by atoms with Gasteiger partial charge in [-0.25, -0.2) is 0 Å². The second-order valence-electron chi connectivity index (χ2n) is 4.10. The Bertz CT molecular complexity index is 378. The summed E-state index contributed by atoms with van der Waals surface area (Å²) in [5.74, 6) is 0.350. The number of rotatable bonds is 3. The van der Waals surface area contributed by atoms with E-state index in [1.165, 1.54) is 6.92 Å². The van der Waals surface area contributed by atoms with Crippen molar-refractivity contribution in [3.8, 4) is 5.75 Å². The summed E-state index contributed by atoms with van der Waals surface area (Å²) in [6.07, 6.45) is 0.741. The molecule has 0 fully saturated rings. The van der Waals surface area contributed by atoms with Crippen LogP contribution in [0.1, 0.15) is 55.1 Å². The zero-order valence-electron chi connectivity index (χ0n) is 9.79. The monoisotopic (exact) mass is 206 g/mol. The molecule has 2 heteroatoms. The number of aryl methyl sites for hydroxylation is 1. The van der Waals surface area contributed by atoms with Crippen molar-refractivity contribution in [3.63, 3.8) is 0 Å². The number of carbonyl (C=O) groups is 1. The minimum Gasteiger partial charge on any atom is -0.507 e. The van der Waals surface area contributed by atoms with Gasteiger partial charge >= 0.3 is 0 Å². The predicted molar refractivity (Wildman–Crippen MR) is 61.6 cm³/mol. The van der Waals surface area contributed by atoms with Crippen LogP contribution in [0.4, 0.5) is 0 Å². The summed E-state index contributed by atoms with van der Waals surface area (Å²) in [6.45, 7) is 7.51. The van der Waals surface area contributed by atoms with Gasteiger partial charge in [-0.2, -0.15) is 0 Å². The van der Waals surface area contributed by atoms with E-state index in [4.69, 9.17) is 0 Å². The van der Waals surface area contributed by atoms with Gasteiger partial charge in [0.1, 0.15) is 5.75 Å². The third-order valence-electron chi connectivity index (χ3n) is 2.65. The van der Waals surface area contributed by atoms with E-state index < -0.39 is 0 Å². The SMILES string of the molecule is CCc1ccc(C(C)C)c(C(C)=O)c1O. The lowest BCUT2D eigenvalue weighted by Crippen LogP contribution is -2.03. The molecule has 0 atom stereocenters. The van der Waals surface area contributed by atoms with Gasteiger partial charge in [0.2, 0.25) is 0 Å².